The van der Waals surface area contributed by atoms with Gasteiger partial charge in [-0.1, -0.05) is 42.5 Å². The highest BCUT2D eigenvalue weighted by atomic mass is 32.2. The molecule has 1 atom stereocenters. The lowest BCUT2D eigenvalue weighted by Gasteiger charge is -2.16. The molecule has 0 bridgehead atoms. The number of carbonyl (C=O) groups excluding carboxylic acids is 1. The summed E-state index contributed by atoms with van der Waals surface area (Å²) >= 11 is 0. The summed E-state index contributed by atoms with van der Waals surface area (Å²) in [6, 6.07) is 19.9. The zero-order valence-electron chi connectivity index (χ0n) is 15.9. The van der Waals surface area contributed by atoms with Gasteiger partial charge in [0, 0.05) is 11.1 Å². The summed E-state index contributed by atoms with van der Waals surface area (Å²) in [5.74, 6) is -0.302. The van der Waals surface area contributed by atoms with Crippen molar-refractivity contribution in [3.8, 4) is 17.2 Å². The molecule has 1 unspecified atom stereocenters. The molecule has 1 aliphatic heterocycles. The number of Topliss-reactive ketones (excluding diaryl/α,β-unsaturated/α-hetero) is 1. The molecule has 1 heterocycles. The highest BCUT2D eigenvalue weighted by Crippen LogP contribution is 2.28. The van der Waals surface area contributed by atoms with Crippen LogP contribution in [0.4, 0.5) is 0 Å². The standard InChI is InChI=1S/C22H16N4O3S/c1-22(25-18-11-6-14(13-23)12-19(18)26-22)21(27)16-9-7-15(8-10-16)17-4-2-3-5-20(17)30(24,28)29/h2-12H,1H3,(H2,24,28,29). The molecule has 7 nitrogen and oxygen atoms in total. The van der Waals surface area contributed by atoms with Gasteiger partial charge < -0.3 is 0 Å². The predicted octanol–water partition coefficient (Wildman–Crippen LogP) is 1.72. The smallest absolute Gasteiger partial charge is 0.238 e. The summed E-state index contributed by atoms with van der Waals surface area (Å²) in [5, 5.41) is 15.4. The quantitative estimate of drug-likeness (QED) is 0.650. The van der Waals surface area contributed by atoms with E-state index in [-0.39, 0.29) is 10.7 Å². The molecule has 0 spiro atoms. The molecule has 148 valence electrons. The van der Waals surface area contributed by atoms with Crippen LogP contribution in [-0.2, 0) is 10.0 Å². The monoisotopic (exact) mass is 416 g/mol. The third-order valence-corrected chi connectivity index (χ3v) is 5.83. The number of fused-ring (bicyclic) bond motifs is 1. The van der Waals surface area contributed by atoms with Crippen LogP contribution < -0.4 is 15.9 Å². The van der Waals surface area contributed by atoms with E-state index in [1.54, 1.807) is 67.6 Å². The summed E-state index contributed by atoms with van der Waals surface area (Å²) in [5.41, 5.74) is 0.578. The van der Waals surface area contributed by atoms with Crippen molar-refractivity contribution < 1.29 is 13.2 Å². The minimum atomic E-state index is -3.89. The Kier molecular flexibility index (Phi) is 4.57. The lowest BCUT2D eigenvalue weighted by molar-refractivity contribution is 0.0908. The first-order valence-electron chi connectivity index (χ1n) is 8.98. The van der Waals surface area contributed by atoms with Gasteiger partial charge in [0.25, 0.3) is 0 Å². The summed E-state index contributed by atoms with van der Waals surface area (Å²) in [7, 11) is -3.89. The second-order valence-corrected chi connectivity index (χ2v) is 8.54. The molecule has 0 fully saturated rings. The lowest BCUT2D eigenvalue weighted by atomic mass is 9.97. The van der Waals surface area contributed by atoms with Crippen molar-refractivity contribution in [3.63, 3.8) is 0 Å². The lowest BCUT2D eigenvalue weighted by Crippen LogP contribution is -2.30. The van der Waals surface area contributed by atoms with Crippen LogP contribution in [0, 0.1) is 11.3 Å². The van der Waals surface area contributed by atoms with E-state index in [0.717, 1.165) is 0 Å². The first kappa shape index (κ1) is 19.6. The van der Waals surface area contributed by atoms with Crippen molar-refractivity contribution in [2.24, 2.45) is 15.1 Å². The zero-order valence-corrected chi connectivity index (χ0v) is 16.7. The van der Waals surface area contributed by atoms with Gasteiger partial charge in [-0.25, -0.2) is 23.5 Å². The van der Waals surface area contributed by atoms with E-state index < -0.39 is 15.7 Å². The van der Waals surface area contributed by atoms with E-state index in [9.17, 15) is 13.2 Å². The van der Waals surface area contributed by atoms with Gasteiger partial charge in [-0.05, 0) is 36.8 Å². The van der Waals surface area contributed by atoms with Crippen molar-refractivity contribution in [3.05, 3.63) is 88.6 Å². The molecular formula is C22H16N4O3S. The Balaban J connectivity index is 1.70. The maximum atomic E-state index is 13.1. The fourth-order valence-electron chi connectivity index (χ4n) is 3.40. The predicted molar refractivity (Wildman–Crippen MR) is 109 cm³/mol. The maximum absolute atomic E-state index is 13.1. The molecule has 0 saturated carbocycles. The molecule has 2 N–H and O–H groups in total. The van der Waals surface area contributed by atoms with Gasteiger partial charge in [0.05, 0.1) is 27.2 Å². The van der Waals surface area contributed by atoms with Gasteiger partial charge in [-0.15, -0.1) is 0 Å². The van der Waals surface area contributed by atoms with Gasteiger partial charge in [0.2, 0.25) is 21.5 Å². The van der Waals surface area contributed by atoms with Crippen LogP contribution in [0.2, 0.25) is 0 Å². The highest BCUT2D eigenvalue weighted by Gasteiger charge is 2.35. The number of carbonyl (C=O) groups is 1. The Morgan fingerprint density at radius 2 is 1.67 bits per heavy atom. The van der Waals surface area contributed by atoms with Crippen LogP contribution in [0.1, 0.15) is 22.8 Å². The van der Waals surface area contributed by atoms with Crippen LogP contribution in [0.3, 0.4) is 0 Å². The van der Waals surface area contributed by atoms with Gasteiger partial charge in [0.1, 0.15) is 0 Å². The number of primary sulfonamides is 1. The van der Waals surface area contributed by atoms with Gasteiger partial charge in [-0.3, -0.25) is 4.79 Å². The van der Waals surface area contributed by atoms with Gasteiger partial charge >= 0.3 is 0 Å². The topological polar surface area (TPSA) is 126 Å². The number of hydrogen-bond donors (Lipinski definition) is 1. The van der Waals surface area contributed by atoms with E-state index in [1.807, 2.05) is 6.07 Å². The number of nitriles is 1. The van der Waals surface area contributed by atoms with E-state index in [0.29, 0.717) is 33.0 Å². The first-order valence-corrected chi connectivity index (χ1v) is 10.5. The molecule has 4 rings (SSSR count). The van der Waals surface area contributed by atoms with E-state index in [1.165, 1.54) is 6.07 Å². The Hall–Kier alpha value is -3.67. The van der Waals surface area contributed by atoms with Crippen LogP contribution in [0.25, 0.3) is 11.1 Å². The number of nitrogens with zero attached hydrogens (tertiary/aromatic N) is 3. The molecule has 0 saturated heterocycles. The minimum absolute atomic E-state index is 0.0144. The number of hydrogen-bond acceptors (Lipinski definition) is 6. The van der Waals surface area contributed by atoms with Crippen molar-refractivity contribution in [2.75, 3.05) is 0 Å². The number of rotatable bonds is 4. The van der Waals surface area contributed by atoms with Crippen LogP contribution in [0.15, 0.2) is 81.6 Å². The molecule has 0 radical (unpaired) electrons. The summed E-state index contributed by atoms with van der Waals surface area (Å²) in [6.45, 7) is 1.62. The number of sulfonamides is 1. The Morgan fingerprint density at radius 1 is 1.00 bits per heavy atom. The first-order chi connectivity index (χ1) is 14.2. The van der Waals surface area contributed by atoms with Gasteiger partial charge in [-0.2, -0.15) is 5.26 Å². The fourth-order valence-corrected chi connectivity index (χ4v) is 4.16. The van der Waals surface area contributed by atoms with Crippen molar-refractivity contribution in [1.82, 2.24) is 0 Å². The molecule has 3 aromatic rings. The average Bonchev–Trinajstić information content (AvgIpc) is 3.09. The normalized spacial score (nSPS) is 17.4. The second-order valence-electron chi connectivity index (χ2n) is 7.01. The average molecular weight is 416 g/mol. The zero-order chi connectivity index (χ0) is 21.5. The van der Waals surface area contributed by atoms with E-state index in [2.05, 4.69) is 9.98 Å². The van der Waals surface area contributed by atoms with Gasteiger partial charge in [0.15, 0.2) is 0 Å². The Labute approximate surface area is 172 Å². The fraction of sp³-hybridized carbons (Fsp3) is 0.0909. The largest absolute Gasteiger partial charge is 0.289 e. The molecular weight excluding hydrogens is 400 g/mol. The van der Waals surface area contributed by atoms with Crippen LogP contribution in [0.5, 0.6) is 0 Å². The van der Waals surface area contributed by atoms with Crippen LogP contribution >= 0.6 is 0 Å². The van der Waals surface area contributed by atoms with E-state index in [4.69, 9.17) is 10.4 Å². The van der Waals surface area contributed by atoms with Crippen molar-refractivity contribution in [1.29, 1.82) is 5.26 Å². The number of nitrogens with two attached hydrogens (primary N) is 1. The molecule has 0 aliphatic carbocycles. The number of ketones is 1. The SMILES string of the molecule is CC1(C(=O)c2ccc(-c3ccccc3S(N)(=O)=O)cc2)N=c2ccc(C#N)cc2=N1. The van der Waals surface area contributed by atoms with Crippen LogP contribution in [-0.4, -0.2) is 19.9 Å². The molecule has 1 aliphatic rings. The van der Waals surface area contributed by atoms with E-state index >= 15 is 0 Å². The third-order valence-electron chi connectivity index (χ3n) is 4.86. The molecule has 0 aromatic heterocycles. The number of benzene rings is 3. The van der Waals surface area contributed by atoms with Crippen molar-refractivity contribution >= 4 is 15.8 Å². The summed E-state index contributed by atoms with van der Waals surface area (Å²) in [6.07, 6.45) is 0. The summed E-state index contributed by atoms with van der Waals surface area (Å²) < 4.78 is 23.7. The molecule has 8 heteroatoms. The Bertz CT molecular complexity index is 1460. The highest BCUT2D eigenvalue weighted by molar-refractivity contribution is 7.89. The Morgan fingerprint density at radius 3 is 2.33 bits per heavy atom. The minimum Gasteiger partial charge on any atom is -0.289 e. The van der Waals surface area contributed by atoms with Crippen molar-refractivity contribution in [2.45, 2.75) is 17.5 Å². The maximum Gasteiger partial charge on any atom is 0.238 e. The third kappa shape index (κ3) is 3.41. The molecule has 0 amide bonds. The second kappa shape index (κ2) is 6.99. The summed E-state index contributed by atoms with van der Waals surface area (Å²) in [4.78, 5) is 22.0. The molecule has 30 heavy (non-hydrogen) atoms. The molecule has 3 aromatic carbocycles.